The average Bonchev–Trinajstić information content (AvgIpc) is 3.41. The Kier molecular flexibility index (Phi) is 3.65. The molecule has 2 aromatic carbocycles. The number of aromatic nitrogens is 5. The fraction of sp³-hybridized carbons (Fsp3) is 0. The lowest BCUT2D eigenvalue weighted by Gasteiger charge is -2.00. The molecule has 0 bridgehead atoms. The van der Waals surface area contributed by atoms with Crippen molar-refractivity contribution in [3.8, 4) is 16.9 Å². The van der Waals surface area contributed by atoms with Gasteiger partial charge in [-0.1, -0.05) is 59.9 Å². The average molecular weight is 371 g/mol. The lowest BCUT2D eigenvalue weighted by Crippen LogP contribution is -2.23. The molecule has 3 heterocycles. The smallest absolute Gasteiger partial charge is 0.266 e. The first kappa shape index (κ1) is 15.7. The van der Waals surface area contributed by atoms with Crippen molar-refractivity contribution in [1.29, 1.82) is 0 Å². The number of fused-ring (bicyclic) bond motifs is 1. The first-order valence-electron chi connectivity index (χ1n) is 8.34. The number of benzene rings is 2. The first-order chi connectivity index (χ1) is 13.3. The van der Waals surface area contributed by atoms with Crippen LogP contribution in [0.2, 0.25) is 0 Å². The normalized spacial score (nSPS) is 12.1. The van der Waals surface area contributed by atoms with Crippen LogP contribution >= 0.6 is 11.3 Å². The Bertz CT molecular complexity index is 1340. The number of nitrogens with zero attached hydrogens (tertiary/aromatic N) is 5. The van der Waals surface area contributed by atoms with Gasteiger partial charge in [0.2, 0.25) is 4.96 Å². The molecule has 5 rings (SSSR count). The Balaban J connectivity index is 1.74. The van der Waals surface area contributed by atoms with Crippen molar-refractivity contribution in [3.05, 3.63) is 93.6 Å². The summed E-state index contributed by atoms with van der Waals surface area (Å²) >= 11 is 1.32. The maximum atomic E-state index is 12.5. The van der Waals surface area contributed by atoms with Gasteiger partial charge in [0.25, 0.3) is 5.56 Å². The molecule has 5 aromatic rings. The standard InChI is InChI=1S/C20H13N5OS/c26-19-17(27-20-21-13-22-25(19)20)11-15-12-24(16-9-5-2-6-10-16)23-18(15)14-7-3-1-4-8-14/h1-13H/b17-11-. The molecule has 0 aliphatic heterocycles. The second-order valence-corrected chi connectivity index (χ2v) is 6.96. The van der Waals surface area contributed by atoms with Gasteiger partial charge in [-0.2, -0.15) is 14.7 Å². The quantitative estimate of drug-likeness (QED) is 0.489. The molecule has 0 atom stereocenters. The van der Waals surface area contributed by atoms with E-state index in [0.717, 1.165) is 22.5 Å². The fourth-order valence-electron chi connectivity index (χ4n) is 2.94. The van der Waals surface area contributed by atoms with Crippen LogP contribution in [0.15, 0.2) is 78.0 Å². The molecule has 0 N–H and O–H groups in total. The van der Waals surface area contributed by atoms with E-state index >= 15 is 0 Å². The molecular formula is C20H13N5OS. The van der Waals surface area contributed by atoms with Crippen LogP contribution in [-0.2, 0) is 0 Å². The zero-order valence-corrected chi connectivity index (χ0v) is 14.9. The lowest BCUT2D eigenvalue weighted by molar-refractivity contribution is 0.884. The van der Waals surface area contributed by atoms with Gasteiger partial charge in [-0.25, -0.2) is 9.67 Å². The first-order valence-corrected chi connectivity index (χ1v) is 9.16. The van der Waals surface area contributed by atoms with Gasteiger partial charge in [-0.05, 0) is 18.2 Å². The summed E-state index contributed by atoms with van der Waals surface area (Å²) in [6.07, 6.45) is 5.19. The van der Waals surface area contributed by atoms with E-state index in [1.165, 1.54) is 22.2 Å². The van der Waals surface area contributed by atoms with Gasteiger partial charge < -0.3 is 0 Å². The van der Waals surface area contributed by atoms with E-state index in [1.54, 1.807) is 0 Å². The van der Waals surface area contributed by atoms with Gasteiger partial charge >= 0.3 is 0 Å². The summed E-state index contributed by atoms with van der Waals surface area (Å²) in [5.41, 5.74) is 3.47. The molecule has 0 saturated heterocycles. The highest BCUT2D eigenvalue weighted by Gasteiger charge is 2.12. The van der Waals surface area contributed by atoms with Crippen LogP contribution in [0.1, 0.15) is 5.56 Å². The third-order valence-corrected chi connectivity index (χ3v) is 5.19. The molecule has 0 unspecified atom stereocenters. The van der Waals surface area contributed by atoms with Crippen molar-refractivity contribution in [2.45, 2.75) is 0 Å². The van der Waals surface area contributed by atoms with E-state index in [0.29, 0.717) is 9.49 Å². The summed E-state index contributed by atoms with van der Waals surface area (Å²) in [5, 5.41) is 8.74. The Morgan fingerprint density at radius 3 is 2.44 bits per heavy atom. The second-order valence-electron chi connectivity index (χ2n) is 5.95. The van der Waals surface area contributed by atoms with Gasteiger partial charge in [-0.3, -0.25) is 4.79 Å². The van der Waals surface area contributed by atoms with Crippen molar-refractivity contribution < 1.29 is 0 Å². The van der Waals surface area contributed by atoms with Crippen LogP contribution in [0.3, 0.4) is 0 Å². The van der Waals surface area contributed by atoms with Crippen LogP contribution in [-0.4, -0.2) is 24.4 Å². The molecule has 0 fully saturated rings. The molecule has 0 radical (unpaired) electrons. The second kappa shape index (κ2) is 6.30. The third-order valence-electron chi connectivity index (χ3n) is 4.22. The van der Waals surface area contributed by atoms with Crippen molar-refractivity contribution in [1.82, 2.24) is 24.4 Å². The lowest BCUT2D eigenvalue weighted by atomic mass is 10.1. The molecule has 3 aromatic heterocycles. The van der Waals surface area contributed by atoms with Crippen molar-refractivity contribution in [3.63, 3.8) is 0 Å². The predicted octanol–water partition coefficient (Wildman–Crippen LogP) is 2.55. The Hall–Kier alpha value is -3.58. The van der Waals surface area contributed by atoms with Crippen LogP contribution in [0.4, 0.5) is 0 Å². The van der Waals surface area contributed by atoms with Gasteiger partial charge in [0.05, 0.1) is 15.9 Å². The summed E-state index contributed by atoms with van der Waals surface area (Å²) in [4.78, 5) is 17.2. The van der Waals surface area contributed by atoms with Crippen LogP contribution < -0.4 is 10.1 Å². The van der Waals surface area contributed by atoms with Gasteiger partial charge in [-0.15, -0.1) is 0 Å². The molecular weight excluding hydrogens is 358 g/mol. The fourth-order valence-corrected chi connectivity index (χ4v) is 3.82. The SMILES string of the molecule is O=c1/c(=C/c2cn(-c3ccccc3)nc2-c2ccccc2)sc2ncnn12. The molecule has 27 heavy (non-hydrogen) atoms. The highest BCUT2D eigenvalue weighted by atomic mass is 32.1. The highest BCUT2D eigenvalue weighted by molar-refractivity contribution is 7.15. The maximum absolute atomic E-state index is 12.5. The number of hydrogen-bond acceptors (Lipinski definition) is 5. The Labute approximate surface area is 157 Å². The largest absolute Gasteiger partial charge is 0.291 e. The number of para-hydroxylation sites is 1. The van der Waals surface area contributed by atoms with E-state index in [-0.39, 0.29) is 5.56 Å². The van der Waals surface area contributed by atoms with Crippen LogP contribution in [0, 0.1) is 0 Å². The summed E-state index contributed by atoms with van der Waals surface area (Å²) in [6, 6.07) is 19.8. The molecule has 0 amide bonds. The summed E-state index contributed by atoms with van der Waals surface area (Å²) < 4.78 is 3.73. The zero-order valence-electron chi connectivity index (χ0n) is 14.1. The molecule has 6 nitrogen and oxygen atoms in total. The Morgan fingerprint density at radius 2 is 1.70 bits per heavy atom. The van der Waals surface area contributed by atoms with E-state index in [2.05, 4.69) is 10.1 Å². The van der Waals surface area contributed by atoms with E-state index in [9.17, 15) is 4.79 Å². The van der Waals surface area contributed by atoms with Gasteiger partial charge in [0.15, 0.2) is 0 Å². The molecule has 7 heteroatoms. The zero-order chi connectivity index (χ0) is 18.2. The molecule has 130 valence electrons. The van der Waals surface area contributed by atoms with E-state index in [4.69, 9.17) is 5.10 Å². The molecule has 0 aliphatic carbocycles. The van der Waals surface area contributed by atoms with Crippen molar-refractivity contribution in [2.75, 3.05) is 0 Å². The van der Waals surface area contributed by atoms with Crippen molar-refractivity contribution >= 4 is 22.4 Å². The minimum atomic E-state index is -0.168. The summed E-state index contributed by atoms with van der Waals surface area (Å²) in [7, 11) is 0. The van der Waals surface area contributed by atoms with Gasteiger partial charge in [0, 0.05) is 17.3 Å². The Morgan fingerprint density at radius 1 is 0.963 bits per heavy atom. The molecule has 0 aliphatic rings. The van der Waals surface area contributed by atoms with E-state index in [1.807, 2.05) is 77.6 Å². The minimum absolute atomic E-state index is 0.168. The summed E-state index contributed by atoms with van der Waals surface area (Å²) in [6.45, 7) is 0. The molecule has 0 saturated carbocycles. The maximum Gasteiger partial charge on any atom is 0.291 e. The monoisotopic (exact) mass is 371 g/mol. The van der Waals surface area contributed by atoms with Crippen LogP contribution in [0.25, 0.3) is 28.0 Å². The number of thiazole rings is 1. The van der Waals surface area contributed by atoms with E-state index < -0.39 is 0 Å². The number of hydrogen-bond donors (Lipinski definition) is 0. The van der Waals surface area contributed by atoms with Gasteiger partial charge in [0.1, 0.15) is 6.33 Å². The third kappa shape index (κ3) is 2.74. The summed E-state index contributed by atoms with van der Waals surface area (Å²) in [5.74, 6) is 0. The highest BCUT2D eigenvalue weighted by Crippen LogP contribution is 2.24. The van der Waals surface area contributed by atoms with Crippen molar-refractivity contribution in [2.24, 2.45) is 0 Å². The topological polar surface area (TPSA) is 65.1 Å². The predicted molar refractivity (Wildman–Crippen MR) is 105 cm³/mol. The minimum Gasteiger partial charge on any atom is -0.266 e. The molecule has 0 spiro atoms. The number of rotatable bonds is 3. The van der Waals surface area contributed by atoms with Crippen LogP contribution in [0.5, 0.6) is 0 Å².